The minimum atomic E-state index is 0.598. The van der Waals surface area contributed by atoms with Gasteiger partial charge in [-0.1, -0.05) is 24.3 Å². The third kappa shape index (κ3) is 2.08. The van der Waals surface area contributed by atoms with Crippen LogP contribution in [0.25, 0.3) is 38.0 Å². The molecule has 0 bridgehead atoms. The minimum absolute atomic E-state index is 0.598. The van der Waals surface area contributed by atoms with Gasteiger partial charge in [0.15, 0.2) is 11.9 Å². The number of fused-ring (bicyclic) bond motifs is 3. The van der Waals surface area contributed by atoms with Crippen molar-refractivity contribution in [3.8, 4) is 11.3 Å². The summed E-state index contributed by atoms with van der Waals surface area (Å²) in [5.41, 5.74) is 6.87. The summed E-state index contributed by atoms with van der Waals surface area (Å²) in [7, 11) is 2.05. The fraction of sp³-hybridized carbons (Fsp3) is 0.143. The van der Waals surface area contributed by atoms with Crippen molar-refractivity contribution in [1.82, 2.24) is 0 Å². The standard InChI is InChI=1S/C21H17N2O/c1-13-9-10-23(4)18(11-13)20-14(2)5-7-17-16-8-6-15(22-3)12-19(16)24-21(17)20/h5-12H,1-2,4H3/q+1. The summed E-state index contributed by atoms with van der Waals surface area (Å²) in [6.45, 7) is 11.4. The molecule has 2 heterocycles. The molecule has 0 N–H and O–H groups in total. The van der Waals surface area contributed by atoms with E-state index < -0.39 is 0 Å². The summed E-state index contributed by atoms with van der Waals surface area (Å²) < 4.78 is 8.32. The Hall–Kier alpha value is -3.12. The molecule has 0 aliphatic heterocycles. The van der Waals surface area contributed by atoms with Gasteiger partial charge in [-0.05, 0) is 31.0 Å². The zero-order chi connectivity index (χ0) is 16.8. The average Bonchev–Trinajstić information content (AvgIpc) is 2.94. The summed E-state index contributed by atoms with van der Waals surface area (Å²) in [6.07, 6.45) is 2.07. The van der Waals surface area contributed by atoms with Crippen molar-refractivity contribution in [3.63, 3.8) is 0 Å². The molecule has 116 valence electrons. The van der Waals surface area contributed by atoms with E-state index in [1.165, 1.54) is 11.1 Å². The van der Waals surface area contributed by atoms with Gasteiger partial charge in [0.2, 0.25) is 5.69 Å². The van der Waals surface area contributed by atoms with E-state index in [1.54, 1.807) is 0 Å². The van der Waals surface area contributed by atoms with Crippen LogP contribution in [0.1, 0.15) is 11.1 Å². The number of furan rings is 1. The Morgan fingerprint density at radius 3 is 2.58 bits per heavy atom. The Morgan fingerprint density at radius 1 is 1.00 bits per heavy atom. The third-order valence-corrected chi connectivity index (χ3v) is 4.52. The highest BCUT2D eigenvalue weighted by Crippen LogP contribution is 2.38. The van der Waals surface area contributed by atoms with E-state index >= 15 is 0 Å². The smallest absolute Gasteiger partial charge is 0.216 e. The third-order valence-electron chi connectivity index (χ3n) is 4.52. The van der Waals surface area contributed by atoms with E-state index in [2.05, 4.69) is 53.7 Å². The lowest BCUT2D eigenvalue weighted by Gasteiger charge is -2.06. The molecule has 4 rings (SSSR count). The molecule has 0 saturated carbocycles. The topological polar surface area (TPSA) is 21.4 Å². The molecule has 0 unspecified atom stereocenters. The van der Waals surface area contributed by atoms with Gasteiger partial charge in [-0.2, -0.15) is 0 Å². The van der Waals surface area contributed by atoms with Crippen molar-refractivity contribution >= 4 is 27.6 Å². The van der Waals surface area contributed by atoms with Gasteiger partial charge in [0.25, 0.3) is 0 Å². The summed E-state index contributed by atoms with van der Waals surface area (Å²) in [4.78, 5) is 3.50. The second-order valence-corrected chi connectivity index (χ2v) is 6.23. The van der Waals surface area contributed by atoms with Gasteiger partial charge in [-0.25, -0.2) is 9.41 Å². The van der Waals surface area contributed by atoms with Crippen LogP contribution in [0.3, 0.4) is 0 Å². The van der Waals surface area contributed by atoms with Crippen LogP contribution >= 0.6 is 0 Å². The lowest BCUT2D eigenvalue weighted by atomic mass is 10.00. The fourth-order valence-electron chi connectivity index (χ4n) is 3.24. The number of hydrogen-bond acceptors (Lipinski definition) is 1. The average molecular weight is 313 g/mol. The quantitative estimate of drug-likeness (QED) is 0.347. The maximum absolute atomic E-state index is 7.20. The second-order valence-electron chi connectivity index (χ2n) is 6.23. The van der Waals surface area contributed by atoms with Crippen molar-refractivity contribution in [2.75, 3.05) is 0 Å². The van der Waals surface area contributed by atoms with Crippen molar-refractivity contribution in [2.45, 2.75) is 13.8 Å². The summed E-state index contributed by atoms with van der Waals surface area (Å²) in [6, 6.07) is 14.2. The van der Waals surface area contributed by atoms with Crippen LogP contribution < -0.4 is 4.57 Å². The highest BCUT2D eigenvalue weighted by Gasteiger charge is 2.20. The molecule has 0 fully saturated rings. The van der Waals surface area contributed by atoms with Crippen LogP contribution in [0, 0.1) is 20.4 Å². The lowest BCUT2D eigenvalue weighted by Crippen LogP contribution is -2.30. The first-order valence-corrected chi connectivity index (χ1v) is 7.88. The van der Waals surface area contributed by atoms with E-state index in [0.717, 1.165) is 33.2 Å². The molecular formula is C21H17N2O+. The highest BCUT2D eigenvalue weighted by atomic mass is 16.3. The largest absolute Gasteiger partial charge is 0.456 e. The van der Waals surface area contributed by atoms with Crippen LogP contribution in [0.5, 0.6) is 0 Å². The Morgan fingerprint density at radius 2 is 1.79 bits per heavy atom. The molecule has 2 aromatic heterocycles. The molecule has 0 aliphatic rings. The lowest BCUT2D eigenvalue weighted by molar-refractivity contribution is -0.660. The Balaban J connectivity index is 2.13. The van der Waals surface area contributed by atoms with Crippen LogP contribution in [0.15, 0.2) is 53.1 Å². The van der Waals surface area contributed by atoms with Gasteiger partial charge in [0, 0.05) is 22.9 Å². The molecule has 0 saturated heterocycles. The molecule has 0 atom stereocenters. The normalized spacial score (nSPS) is 11.1. The van der Waals surface area contributed by atoms with Gasteiger partial charge >= 0.3 is 0 Å². The van der Waals surface area contributed by atoms with Crippen molar-refractivity contribution < 1.29 is 8.98 Å². The molecule has 0 amide bonds. The first-order chi connectivity index (χ1) is 11.6. The predicted molar refractivity (Wildman–Crippen MR) is 96.1 cm³/mol. The number of aromatic nitrogens is 1. The van der Waals surface area contributed by atoms with Gasteiger partial charge < -0.3 is 4.42 Å². The second kappa shape index (κ2) is 5.21. The van der Waals surface area contributed by atoms with E-state index in [0.29, 0.717) is 5.69 Å². The number of aryl methyl sites for hydroxylation is 3. The molecule has 3 nitrogen and oxygen atoms in total. The molecule has 4 aromatic rings. The number of hydrogen-bond donors (Lipinski definition) is 0. The van der Waals surface area contributed by atoms with Crippen LogP contribution in [0.4, 0.5) is 5.69 Å². The predicted octanol–water partition coefficient (Wildman–Crippen LogP) is 5.25. The molecule has 2 aromatic carbocycles. The van der Waals surface area contributed by atoms with E-state index in [4.69, 9.17) is 11.0 Å². The van der Waals surface area contributed by atoms with Gasteiger partial charge in [0.1, 0.15) is 18.2 Å². The maximum Gasteiger partial charge on any atom is 0.216 e. The first kappa shape index (κ1) is 14.5. The maximum atomic E-state index is 7.20. The Bertz CT molecular complexity index is 1150. The number of nitrogens with zero attached hydrogens (tertiary/aromatic N) is 2. The van der Waals surface area contributed by atoms with E-state index in [-0.39, 0.29) is 0 Å². The van der Waals surface area contributed by atoms with Crippen LogP contribution in [0.2, 0.25) is 0 Å². The monoisotopic (exact) mass is 313 g/mol. The van der Waals surface area contributed by atoms with Gasteiger partial charge in [-0.3, -0.25) is 0 Å². The van der Waals surface area contributed by atoms with Gasteiger partial charge in [-0.15, -0.1) is 0 Å². The summed E-state index contributed by atoms with van der Waals surface area (Å²) in [5.74, 6) is 0. The summed E-state index contributed by atoms with van der Waals surface area (Å²) in [5, 5.41) is 2.14. The Kier molecular flexibility index (Phi) is 3.14. The molecular weight excluding hydrogens is 296 g/mol. The van der Waals surface area contributed by atoms with Crippen molar-refractivity contribution in [2.24, 2.45) is 7.05 Å². The number of pyridine rings is 1. The highest BCUT2D eigenvalue weighted by molar-refractivity contribution is 6.10. The first-order valence-electron chi connectivity index (χ1n) is 7.88. The molecule has 0 radical (unpaired) electrons. The number of benzene rings is 2. The van der Waals surface area contributed by atoms with Crippen LogP contribution in [-0.2, 0) is 7.05 Å². The summed E-state index contributed by atoms with van der Waals surface area (Å²) >= 11 is 0. The minimum Gasteiger partial charge on any atom is -0.456 e. The molecule has 24 heavy (non-hydrogen) atoms. The molecule has 0 spiro atoms. The van der Waals surface area contributed by atoms with Gasteiger partial charge in [0.05, 0.1) is 12.1 Å². The zero-order valence-electron chi connectivity index (χ0n) is 13.9. The van der Waals surface area contributed by atoms with E-state index in [9.17, 15) is 0 Å². The Labute approximate surface area is 140 Å². The van der Waals surface area contributed by atoms with Crippen molar-refractivity contribution in [1.29, 1.82) is 0 Å². The van der Waals surface area contributed by atoms with Crippen LogP contribution in [-0.4, -0.2) is 0 Å². The molecule has 0 aliphatic carbocycles. The SMILES string of the molecule is [C-]#[N+]c1ccc2c(c1)oc1c(-c3cc(C)cc[n+]3C)c(C)ccc12. The fourth-order valence-corrected chi connectivity index (χ4v) is 3.24. The van der Waals surface area contributed by atoms with Crippen molar-refractivity contribution in [3.05, 3.63) is 71.2 Å². The zero-order valence-corrected chi connectivity index (χ0v) is 13.9. The number of rotatable bonds is 1. The van der Waals surface area contributed by atoms with E-state index in [1.807, 2.05) is 25.2 Å². The molecule has 3 heteroatoms.